The number of nitriles is 1. The summed E-state index contributed by atoms with van der Waals surface area (Å²) in [6.07, 6.45) is 1.96. The molecule has 1 heterocycles. The molecule has 1 aromatic rings. The summed E-state index contributed by atoms with van der Waals surface area (Å²) >= 11 is 0. The fourth-order valence-corrected chi connectivity index (χ4v) is 2.70. The molecule has 1 aliphatic heterocycles. The minimum absolute atomic E-state index is 0.295. The van der Waals surface area contributed by atoms with Gasteiger partial charge in [-0.3, -0.25) is 4.90 Å². The van der Waals surface area contributed by atoms with Crippen molar-refractivity contribution in [3.63, 3.8) is 0 Å². The first-order valence-electron chi connectivity index (χ1n) is 6.78. The van der Waals surface area contributed by atoms with Crippen molar-refractivity contribution in [3.05, 3.63) is 35.4 Å². The van der Waals surface area contributed by atoms with E-state index in [1.807, 2.05) is 11.9 Å². The molecule has 1 saturated heterocycles. The van der Waals surface area contributed by atoms with Gasteiger partial charge in [0, 0.05) is 6.04 Å². The van der Waals surface area contributed by atoms with Crippen LogP contribution in [0.2, 0.25) is 0 Å². The van der Waals surface area contributed by atoms with Crippen molar-refractivity contribution in [1.82, 2.24) is 9.80 Å². The Kier molecular flexibility index (Phi) is 4.69. The lowest BCUT2D eigenvalue weighted by Gasteiger charge is -2.37. The molecule has 0 aromatic heterocycles. The molecule has 2 rings (SSSR count). The SMILES string of the molecule is CN1CCC(N(C)C(C#N)c2ccc(F)c(F)c2)CC1. The molecule has 0 spiro atoms. The Bertz CT molecular complexity index is 504. The second-order valence-corrected chi connectivity index (χ2v) is 5.41. The van der Waals surface area contributed by atoms with Crippen LogP contribution in [-0.2, 0) is 0 Å². The summed E-state index contributed by atoms with van der Waals surface area (Å²) < 4.78 is 26.3. The summed E-state index contributed by atoms with van der Waals surface area (Å²) in [6.45, 7) is 1.98. The van der Waals surface area contributed by atoms with E-state index in [0.717, 1.165) is 38.1 Å². The Morgan fingerprint density at radius 1 is 1.30 bits per heavy atom. The molecular formula is C15H19F2N3. The van der Waals surface area contributed by atoms with Gasteiger partial charge in [0.25, 0.3) is 0 Å². The summed E-state index contributed by atoms with van der Waals surface area (Å²) in [5.41, 5.74) is 0.507. The van der Waals surface area contributed by atoms with Crippen LogP contribution in [0.1, 0.15) is 24.4 Å². The molecular weight excluding hydrogens is 260 g/mol. The fraction of sp³-hybridized carbons (Fsp3) is 0.533. The van der Waals surface area contributed by atoms with Crippen molar-refractivity contribution in [2.24, 2.45) is 0 Å². The van der Waals surface area contributed by atoms with Crippen LogP contribution in [0.4, 0.5) is 8.78 Å². The number of piperidine rings is 1. The average Bonchev–Trinajstić information content (AvgIpc) is 2.44. The standard InChI is InChI=1S/C15H19F2N3/c1-19-7-5-12(6-8-19)20(2)15(10-18)11-3-4-13(16)14(17)9-11/h3-4,9,12,15H,5-8H2,1-2H3. The predicted molar refractivity (Wildman–Crippen MR) is 73.0 cm³/mol. The van der Waals surface area contributed by atoms with Crippen LogP contribution in [0.3, 0.4) is 0 Å². The Labute approximate surface area is 118 Å². The van der Waals surface area contributed by atoms with Crippen LogP contribution >= 0.6 is 0 Å². The molecule has 20 heavy (non-hydrogen) atoms. The van der Waals surface area contributed by atoms with E-state index in [1.165, 1.54) is 6.07 Å². The summed E-state index contributed by atoms with van der Waals surface area (Å²) in [7, 11) is 3.96. The van der Waals surface area contributed by atoms with E-state index in [1.54, 1.807) is 0 Å². The van der Waals surface area contributed by atoms with Gasteiger partial charge in [-0.25, -0.2) is 8.78 Å². The van der Waals surface area contributed by atoms with Crippen LogP contribution in [0.15, 0.2) is 18.2 Å². The third kappa shape index (κ3) is 3.14. The van der Waals surface area contributed by atoms with Gasteiger partial charge in [0.1, 0.15) is 6.04 Å². The summed E-state index contributed by atoms with van der Waals surface area (Å²) in [6, 6.07) is 5.63. The largest absolute Gasteiger partial charge is 0.306 e. The highest BCUT2D eigenvalue weighted by Crippen LogP contribution is 2.26. The van der Waals surface area contributed by atoms with E-state index in [0.29, 0.717) is 11.6 Å². The van der Waals surface area contributed by atoms with Crippen molar-refractivity contribution < 1.29 is 8.78 Å². The highest BCUT2D eigenvalue weighted by Gasteiger charge is 2.27. The van der Waals surface area contributed by atoms with Crippen molar-refractivity contribution >= 4 is 0 Å². The van der Waals surface area contributed by atoms with E-state index >= 15 is 0 Å². The number of rotatable bonds is 3. The van der Waals surface area contributed by atoms with Gasteiger partial charge in [0.05, 0.1) is 6.07 Å². The lowest BCUT2D eigenvalue weighted by Crippen LogP contribution is -2.43. The number of nitrogens with zero attached hydrogens (tertiary/aromatic N) is 3. The van der Waals surface area contributed by atoms with Crippen LogP contribution in [-0.4, -0.2) is 43.0 Å². The van der Waals surface area contributed by atoms with Crippen molar-refractivity contribution in [3.8, 4) is 6.07 Å². The lowest BCUT2D eigenvalue weighted by molar-refractivity contribution is 0.126. The van der Waals surface area contributed by atoms with Gasteiger partial charge in [0.2, 0.25) is 0 Å². The Hall–Kier alpha value is -1.51. The molecule has 0 N–H and O–H groups in total. The normalized spacial score (nSPS) is 19.0. The van der Waals surface area contributed by atoms with Crippen molar-refractivity contribution in [2.75, 3.05) is 27.2 Å². The van der Waals surface area contributed by atoms with E-state index < -0.39 is 17.7 Å². The molecule has 0 aliphatic carbocycles. The minimum Gasteiger partial charge on any atom is -0.306 e. The second kappa shape index (κ2) is 6.29. The van der Waals surface area contributed by atoms with E-state index in [4.69, 9.17) is 0 Å². The highest BCUT2D eigenvalue weighted by molar-refractivity contribution is 5.26. The molecule has 1 fully saturated rings. The van der Waals surface area contributed by atoms with Gasteiger partial charge in [-0.05, 0) is 57.7 Å². The van der Waals surface area contributed by atoms with Gasteiger partial charge >= 0.3 is 0 Å². The monoisotopic (exact) mass is 279 g/mol. The van der Waals surface area contributed by atoms with Gasteiger partial charge in [-0.1, -0.05) is 6.07 Å². The molecule has 0 amide bonds. The first kappa shape index (κ1) is 14.9. The number of hydrogen-bond donors (Lipinski definition) is 0. The van der Waals surface area contributed by atoms with Gasteiger partial charge in [-0.2, -0.15) is 5.26 Å². The third-order valence-electron chi connectivity index (χ3n) is 4.05. The molecule has 0 saturated carbocycles. The Balaban J connectivity index is 2.15. The number of halogens is 2. The summed E-state index contributed by atoms with van der Waals surface area (Å²) in [5.74, 6) is -1.79. The smallest absolute Gasteiger partial charge is 0.159 e. The molecule has 1 unspecified atom stereocenters. The zero-order valence-electron chi connectivity index (χ0n) is 11.8. The third-order valence-corrected chi connectivity index (χ3v) is 4.05. The number of benzene rings is 1. The maximum atomic E-state index is 13.3. The molecule has 5 heteroatoms. The second-order valence-electron chi connectivity index (χ2n) is 5.41. The predicted octanol–water partition coefficient (Wildman–Crippen LogP) is 2.56. The summed E-state index contributed by atoms with van der Waals surface area (Å²) in [4.78, 5) is 4.23. The molecule has 0 bridgehead atoms. The van der Waals surface area contributed by atoms with Crippen molar-refractivity contribution in [1.29, 1.82) is 5.26 Å². The topological polar surface area (TPSA) is 30.3 Å². The summed E-state index contributed by atoms with van der Waals surface area (Å²) in [5, 5.41) is 9.37. The van der Waals surface area contributed by atoms with Crippen LogP contribution in [0.25, 0.3) is 0 Å². The Morgan fingerprint density at radius 2 is 1.95 bits per heavy atom. The van der Waals surface area contributed by atoms with Gasteiger partial charge in [-0.15, -0.1) is 0 Å². The molecule has 1 aliphatic rings. The quantitative estimate of drug-likeness (QED) is 0.852. The zero-order chi connectivity index (χ0) is 14.7. The van der Waals surface area contributed by atoms with E-state index in [2.05, 4.69) is 18.0 Å². The molecule has 0 radical (unpaired) electrons. The van der Waals surface area contributed by atoms with Crippen LogP contribution < -0.4 is 0 Å². The van der Waals surface area contributed by atoms with E-state index in [-0.39, 0.29) is 0 Å². The lowest BCUT2D eigenvalue weighted by atomic mass is 9.99. The first-order chi connectivity index (χ1) is 9.52. The maximum absolute atomic E-state index is 13.3. The van der Waals surface area contributed by atoms with E-state index in [9.17, 15) is 14.0 Å². The fourth-order valence-electron chi connectivity index (χ4n) is 2.70. The molecule has 1 atom stereocenters. The number of likely N-dealkylation sites (tertiary alicyclic amines) is 1. The number of hydrogen-bond acceptors (Lipinski definition) is 3. The molecule has 1 aromatic carbocycles. The molecule has 108 valence electrons. The van der Waals surface area contributed by atoms with Gasteiger partial charge in [0.15, 0.2) is 11.6 Å². The zero-order valence-corrected chi connectivity index (χ0v) is 11.8. The first-order valence-corrected chi connectivity index (χ1v) is 6.78. The Morgan fingerprint density at radius 3 is 2.50 bits per heavy atom. The molecule has 3 nitrogen and oxygen atoms in total. The van der Waals surface area contributed by atoms with Crippen LogP contribution in [0.5, 0.6) is 0 Å². The van der Waals surface area contributed by atoms with Crippen LogP contribution in [0, 0.1) is 23.0 Å². The average molecular weight is 279 g/mol. The maximum Gasteiger partial charge on any atom is 0.159 e. The van der Waals surface area contributed by atoms with Gasteiger partial charge < -0.3 is 4.90 Å². The highest BCUT2D eigenvalue weighted by atomic mass is 19.2. The minimum atomic E-state index is -0.903. The van der Waals surface area contributed by atoms with Crippen molar-refractivity contribution in [2.45, 2.75) is 24.9 Å².